The summed E-state index contributed by atoms with van der Waals surface area (Å²) in [5.41, 5.74) is 12.0. The lowest BCUT2D eigenvalue weighted by Gasteiger charge is -2.07. The van der Waals surface area contributed by atoms with E-state index in [0.29, 0.717) is 5.82 Å². The van der Waals surface area contributed by atoms with Crippen LogP contribution in [0.15, 0.2) is 78.9 Å². The number of nitrogen functional groups attached to an aromatic ring is 1. The van der Waals surface area contributed by atoms with Crippen LogP contribution in [0.1, 0.15) is 0 Å². The minimum Gasteiger partial charge on any atom is -0.385 e. The lowest BCUT2D eigenvalue weighted by Crippen LogP contribution is -1.87. The molecule has 0 fully saturated rings. The molecule has 3 N–H and O–H groups in total. The second kappa shape index (κ2) is 5.08. The van der Waals surface area contributed by atoms with Gasteiger partial charge in [-0.25, -0.2) is 0 Å². The van der Waals surface area contributed by atoms with Gasteiger partial charge in [-0.1, -0.05) is 72.8 Å². The number of fused-ring (bicyclic) bond motifs is 1. The molecule has 0 aliphatic carbocycles. The van der Waals surface area contributed by atoms with Crippen LogP contribution in [-0.4, -0.2) is 4.98 Å². The van der Waals surface area contributed by atoms with Crippen LogP contribution in [0.4, 0.5) is 5.82 Å². The molecule has 0 bridgehead atoms. The SMILES string of the molecule is Nc1[nH]c2cccc(-c3ccccc3)c2c1-c1ccccc1. The average Bonchev–Trinajstić information content (AvgIpc) is 2.92. The Morgan fingerprint density at radius 3 is 1.95 bits per heavy atom. The van der Waals surface area contributed by atoms with Crippen molar-refractivity contribution in [2.24, 2.45) is 0 Å². The zero-order chi connectivity index (χ0) is 14.9. The van der Waals surface area contributed by atoms with E-state index in [9.17, 15) is 0 Å². The summed E-state index contributed by atoms with van der Waals surface area (Å²) in [6.45, 7) is 0. The zero-order valence-electron chi connectivity index (χ0n) is 12.1. The molecule has 0 amide bonds. The van der Waals surface area contributed by atoms with Gasteiger partial charge in [0, 0.05) is 16.5 Å². The van der Waals surface area contributed by atoms with Crippen molar-refractivity contribution in [3.8, 4) is 22.3 Å². The van der Waals surface area contributed by atoms with Crippen molar-refractivity contribution < 1.29 is 0 Å². The summed E-state index contributed by atoms with van der Waals surface area (Å²) in [4.78, 5) is 3.31. The lowest BCUT2D eigenvalue weighted by atomic mass is 9.96. The minimum atomic E-state index is 0.713. The second-order valence-corrected chi connectivity index (χ2v) is 5.37. The number of benzene rings is 3. The molecule has 0 aliphatic rings. The molecule has 2 heteroatoms. The van der Waals surface area contributed by atoms with Crippen LogP contribution in [0.25, 0.3) is 33.2 Å². The average molecular weight is 284 g/mol. The van der Waals surface area contributed by atoms with Crippen LogP contribution in [0.2, 0.25) is 0 Å². The third-order valence-electron chi connectivity index (χ3n) is 4.00. The van der Waals surface area contributed by atoms with Gasteiger partial charge in [0.25, 0.3) is 0 Å². The first-order chi connectivity index (χ1) is 10.8. The molecular formula is C20H16N2. The number of hydrogen-bond acceptors (Lipinski definition) is 1. The molecule has 0 saturated heterocycles. The molecule has 0 atom stereocenters. The number of H-pyrrole nitrogens is 1. The fraction of sp³-hybridized carbons (Fsp3) is 0. The Hall–Kier alpha value is -3.00. The summed E-state index contributed by atoms with van der Waals surface area (Å²) in [7, 11) is 0. The number of anilines is 1. The summed E-state index contributed by atoms with van der Waals surface area (Å²) in [5, 5.41) is 1.18. The number of nitrogens with one attached hydrogen (secondary N) is 1. The normalized spacial score (nSPS) is 10.9. The van der Waals surface area contributed by atoms with Gasteiger partial charge in [0.1, 0.15) is 5.82 Å². The van der Waals surface area contributed by atoms with Crippen molar-refractivity contribution >= 4 is 16.7 Å². The van der Waals surface area contributed by atoms with Crippen molar-refractivity contribution in [3.63, 3.8) is 0 Å². The van der Waals surface area contributed by atoms with E-state index in [2.05, 4.69) is 59.6 Å². The molecule has 4 aromatic rings. The number of nitrogens with two attached hydrogens (primary N) is 1. The summed E-state index contributed by atoms with van der Waals surface area (Å²) < 4.78 is 0. The lowest BCUT2D eigenvalue weighted by molar-refractivity contribution is 1.47. The first-order valence-corrected chi connectivity index (χ1v) is 7.35. The first kappa shape index (κ1) is 12.7. The summed E-state index contributed by atoms with van der Waals surface area (Å²) in [6.07, 6.45) is 0. The van der Waals surface area contributed by atoms with Gasteiger partial charge in [0.15, 0.2) is 0 Å². The van der Waals surface area contributed by atoms with E-state index >= 15 is 0 Å². The Balaban J connectivity index is 2.08. The maximum atomic E-state index is 6.28. The van der Waals surface area contributed by atoms with Gasteiger partial charge >= 0.3 is 0 Å². The Labute approximate surface area is 129 Å². The van der Waals surface area contributed by atoms with Gasteiger partial charge in [0.05, 0.1) is 0 Å². The zero-order valence-corrected chi connectivity index (χ0v) is 12.1. The van der Waals surface area contributed by atoms with Crippen LogP contribution in [0, 0.1) is 0 Å². The Kier molecular flexibility index (Phi) is 2.94. The quantitative estimate of drug-likeness (QED) is 0.529. The van der Waals surface area contributed by atoms with Crippen molar-refractivity contribution in [2.45, 2.75) is 0 Å². The van der Waals surface area contributed by atoms with Crippen LogP contribution in [0.3, 0.4) is 0 Å². The fourth-order valence-corrected chi connectivity index (χ4v) is 3.03. The van der Waals surface area contributed by atoms with Crippen molar-refractivity contribution in [1.29, 1.82) is 0 Å². The van der Waals surface area contributed by atoms with Crippen molar-refractivity contribution in [3.05, 3.63) is 78.9 Å². The molecule has 0 unspecified atom stereocenters. The number of hydrogen-bond donors (Lipinski definition) is 2. The maximum Gasteiger partial charge on any atom is 0.109 e. The Morgan fingerprint density at radius 1 is 0.636 bits per heavy atom. The van der Waals surface area contributed by atoms with E-state index < -0.39 is 0 Å². The largest absolute Gasteiger partial charge is 0.385 e. The molecule has 0 saturated carbocycles. The van der Waals surface area contributed by atoms with Gasteiger partial charge in [-0.15, -0.1) is 0 Å². The standard InChI is InChI=1S/C20H16N2/c21-20-18(15-10-5-2-6-11-15)19-16(12-7-13-17(19)22-20)14-8-3-1-4-9-14/h1-13,22H,21H2. The molecular weight excluding hydrogens is 268 g/mol. The van der Waals surface area contributed by atoms with Crippen LogP contribution >= 0.6 is 0 Å². The van der Waals surface area contributed by atoms with Gasteiger partial charge in [-0.2, -0.15) is 0 Å². The number of aromatic amines is 1. The van der Waals surface area contributed by atoms with Crippen molar-refractivity contribution in [2.75, 3.05) is 5.73 Å². The molecule has 4 rings (SSSR count). The molecule has 0 aliphatic heterocycles. The number of aromatic nitrogens is 1. The summed E-state index contributed by atoms with van der Waals surface area (Å²) in [5.74, 6) is 0.713. The molecule has 22 heavy (non-hydrogen) atoms. The first-order valence-electron chi connectivity index (χ1n) is 7.35. The molecule has 3 aromatic carbocycles. The summed E-state index contributed by atoms with van der Waals surface area (Å²) >= 11 is 0. The van der Waals surface area contributed by atoms with Crippen LogP contribution in [0.5, 0.6) is 0 Å². The highest BCUT2D eigenvalue weighted by Crippen LogP contribution is 2.39. The highest BCUT2D eigenvalue weighted by molar-refractivity contribution is 6.09. The van der Waals surface area contributed by atoms with Gasteiger partial charge in [-0.05, 0) is 22.8 Å². The fourth-order valence-electron chi connectivity index (χ4n) is 3.03. The smallest absolute Gasteiger partial charge is 0.109 e. The van der Waals surface area contributed by atoms with E-state index in [1.165, 1.54) is 16.5 Å². The topological polar surface area (TPSA) is 41.8 Å². The molecule has 1 heterocycles. The maximum absolute atomic E-state index is 6.28. The Bertz CT molecular complexity index is 922. The van der Waals surface area contributed by atoms with Gasteiger partial charge in [0.2, 0.25) is 0 Å². The molecule has 2 nitrogen and oxygen atoms in total. The van der Waals surface area contributed by atoms with E-state index in [1.807, 2.05) is 24.3 Å². The minimum absolute atomic E-state index is 0.713. The van der Waals surface area contributed by atoms with Gasteiger partial charge in [-0.3, -0.25) is 0 Å². The van der Waals surface area contributed by atoms with Crippen LogP contribution < -0.4 is 5.73 Å². The summed E-state index contributed by atoms with van der Waals surface area (Å²) in [6, 6.07) is 27.0. The van der Waals surface area contributed by atoms with E-state index in [0.717, 1.165) is 16.6 Å². The Morgan fingerprint density at radius 2 is 1.27 bits per heavy atom. The van der Waals surface area contributed by atoms with E-state index in [1.54, 1.807) is 0 Å². The van der Waals surface area contributed by atoms with E-state index in [-0.39, 0.29) is 0 Å². The second-order valence-electron chi connectivity index (χ2n) is 5.37. The van der Waals surface area contributed by atoms with Crippen LogP contribution in [-0.2, 0) is 0 Å². The molecule has 106 valence electrons. The number of rotatable bonds is 2. The van der Waals surface area contributed by atoms with Crippen molar-refractivity contribution in [1.82, 2.24) is 4.98 Å². The predicted octanol–water partition coefficient (Wildman–Crippen LogP) is 5.08. The third kappa shape index (κ3) is 1.97. The highest BCUT2D eigenvalue weighted by atomic mass is 14.9. The molecule has 0 radical (unpaired) electrons. The van der Waals surface area contributed by atoms with Gasteiger partial charge < -0.3 is 10.7 Å². The molecule has 0 spiro atoms. The van der Waals surface area contributed by atoms with E-state index in [4.69, 9.17) is 5.73 Å². The predicted molar refractivity (Wildman–Crippen MR) is 93.6 cm³/mol. The highest BCUT2D eigenvalue weighted by Gasteiger charge is 2.15. The molecule has 1 aromatic heterocycles. The third-order valence-corrected chi connectivity index (χ3v) is 4.00. The monoisotopic (exact) mass is 284 g/mol.